The number of amides is 1. The highest BCUT2D eigenvalue weighted by Gasteiger charge is 2.39. The lowest BCUT2D eigenvalue weighted by Gasteiger charge is -2.45. The first-order valence-corrected chi connectivity index (χ1v) is 11.2. The Bertz CT molecular complexity index is 1220. The standard InChI is InChI=1S/C23H28N6O3.CH2O/c1-12-9-31-10-14-11-32-18-19(23(3,4)5)27-21(28-22(18)29(12)14)17-15-6-7-24-20(15)25-8-16(17)26-13(2)30;1-2/h6-8,12,14H,9-11H2,1-5H3,(H,24,25)(H,26,30);1H2/t12-,14+;/m1./s1. The Balaban J connectivity index is 0.00000133. The van der Waals surface area contributed by atoms with Crippen LogP contribution in [0.3, 0.4) is 0 Å². The quantitative estimate of drug-likeness (QED) is 0.591. The Labute approximate surface area is 198 Å². The summed E-state index contributed by atoms with van der Waals surface area (Å²) in [5, 5.41) is 3.74. The van der Waals surface area contributed by atoms with Gasteiger partial charge in [0.1, 0.15) is 19.0 Å². The summed E-state index contributed by atoms with van der Waals surface area (Å²) in [5.41, 5.74) is 2.59. The fourth-order valence-electron chi connectivity index (χ4n) is 4.48. The molecule has 0 unspecified atom stereocenters. The average molecular weight is 467 g/mol. The van der Waals surface area contributed by atoms with E-state index in [1.165, 1.54) is 6.92 Å². The van der Waals surface area contributed by atoms with Gasteiger partial charge in [-0.1, -0.05) is 20.8 Å². The van der Waals surface area contributed by atoms with Crippen molar-refractivity contribution in [3.8, 4) is 17.1 Å². The largest absolute Gasteiger partial charge is 0.486 e. The van der Waals surface area contributed by atoms with Gasteiger partial charge in [-0.3, -0.25) is 4.79 Å². The third-order valence-corrected chi connectivity index (χ3v) is 5.88. The van der Waals surface area contributed by atoms with Crippen molar-refractivity contribution < 1.29 is 19.1 Å². The van der Waals surface area contributed by atoms with Crippen LogP contribution >= 0.6 is 0 Å². The fourth-order valence-corrected chi connectivity index (χ4v) is 4.48. The molecule has 2 aliphatic heterocycles. The molecule has 0 saturated carbocycles. The predicted molar refractivity (Wildman–Crippen MR) is 129 cm³/mol. The van der Waals surface area contributed by atoms with Gasteiger partial charge >= 0.3 is 0 Å². The maximum absolute atomic E-state index is 11.9. The second-order valence-electron chi connectivity index (χ2n) is 9.53. The number of ether oxygens (including phenoxy) is 2. The zero-order chi connectivity index (χ0) is 24.6. The molecular formula is C24H30N6O4. The Morgan fingerprint density at radius 1 is 1.24 bits per heavy atom. The molecule has 1 saturated heterocycles. The van der Waals surface area contributed by atoms with Gasteiger partial charge in [-0.05, 0) is 13.0 Å². The van der Waals surface area contributed by atoms with Crippen LogP contribution in [0.25, 0.3) is 22.4 Å². The number of hydrogen-bond donors (Lipinski definition) is 2. The summed E-state index contributed by atoms with van der Waals surface area (Å²) in [6.07, 6.45) is 3.47. The molecule has 10 nitrogen and oxygen atoms in total. The fraction of sp³-hybridized carbons (Fsp3) is 0.458. The molecule has 2 N–H and O–H groups in total. The number of nitrogens with zero attached hydrogens (tertiary/aromatic N) is 4. The van der Waals surface area contributed by atoms with Gasteiger partial charge < -0.3 is 29.5 Å². The molecule has 5 rings (SSSR count). The molecule has 3 aromatic rings. The first-order valence-electron chi connectivity index (χ1n) is 11.2. The van der Waals surface area contributed by atoms with Gasteiger partial charge in [-0.2, -0.15) is 0 Å². The molecular weight excluding hydrogens is 436 g/mol. The van der Waals surface area contributed by atoms with Gasteiger partial charge in [0, 0.05) is 23.9 Å². The number of rotatable bonds is 2. The van der Waals surface area contributed by atoms with Crippen LogP contribution in [0.4, 0.5) is 11.5 Å². The van der Waals surface area contributed by atoms with E-state index in [-0.39, 0.29) is 23.4 Å². The number of hydrogen-bond acceptors (Lipinski definition) is 8. The molecule has 180 valence electrons. The minimum absolute atomic E-state index is 0.0985. The lowest BCUT2D eigenvalue weighted by atomic mass is 9.90. The van der Waals surface area contributed by atoms with Gasteiger partial charge in [0.05, 0.1) is 48.4 Å². The van der Waals surface area contributed by atoms with E-state index in [4.69, 9.17) is 24.2 Å². The van der Waals surface area contributed by atoms with E-state index in [9.17, 15) is 4.79 Å². The molecule has 1 amide bonds. The monoisotopic (exact) mass is 466 g/mol. The van der Waals surface area contributed by atoms with Crippen molar-refractivity contribution in [1.82, 2.24) is 19.9 Å². The van der Waals surface area contributed by atoms with E-state index in [1.54, 1.807) is 6.20 Å². The predicted octanol–water partition coefficient (Wildman–Crippen LogP) is 3.08. The number of nitrogens with one attached hydrogen (secondary N) is 2. The third kappa shape index (κ3) is 4.09. The number of fused-ring (bicyclic) bond motifs is 4. The minimum Gasteiger partial charge on any atom is -0.486 e. The molecule has 0 spiro atoms. The van der Waals surface area contributed by atoms with E-state index in [0.29, 0.717) is 37.0 Å². The molecule has 3 aromatic heterocycles. The molecule has 10 heteroatoms. The lowest BCUT2D eigenvalue weighted by Crippen LogP contribution is -2.56. The molecule has 5 heterocycles. The number of carbonyl (C=O) groups is 2. The van der Waals surface area contributed by atoms with E-state index in [2.05, 4.69) is 47.9 Å². The van der Waals surface area contributed by atoms with Gasteiger partial charge in [0.2, 0.25) is 5.91 Å². The van der Waals surface area contributed by atoms with Crippen molar-refractivity contribution in [2.75, 3.05) is 30.0 Å². The van der Waals surface area contributed by atoms with Crippen LogP contribution < -0.4 is 15.0 Å². The first kappa shape index (κ1) is 23.6. The van der Waals surface area contributed by atoms with Crippen molar-refractivity contribution in [2.45, 2.75) is 52.1 Å². The topological polar surface area (TPSA) is 122 Å². The maximum atomic E-state index is 11.9. The molecule has 2 atom stereocenters. The highest BCUT2D eigenvalue weighted by molar-refractivity contribution is 6.02. The molecule has 0 bridgehead atoms. The van der Waals surface area contributed by atoms with Gasteiger partial charge in [0.25, 0.3) is 0 Å². The summed E-state index contributed by atoms with van der Waals surface area (Å²) in [6.45, 7) is 13.7. The molecule has 34 heavy (non-hydrogen) atoms. The van der Waals surface area contributed by atoms with E-state index < -0.39 is 0 Å². The molecule has 1 fully saturated rings. The van der Waals surface area contributed by atoms with Crippen molar-refractivity contribution in [2.24, 2.45) is 0 Å². The zero-order valence-electron chi connectivity index (χ0n) is 20.1. The summed E-state index contributed by atoms with van der Waals surface area (Å²) in [7, 11) is 0. The Morgan fingerprint density at radius 2 is 2.00 bits per heavy atom. The Morgan fingerprint density at radius 3 is 2.71 bits per heavy atom. The Kier molecular flexibility index (Phi) is 6.26. The van der Waals surface area contributed by atoms with Crippen molar-refractivity contribution >= 4 is 35.2 Å². The van der Waals surface area contributed by atoms with Crippen molar-refractivity contribution in [1.29, 1.82) is 0 Å². The van der Waals surface area contributed by atoms with Gasteiger partial charge in [-0.15, -0.1) is 0 Å². The molecule has 0 aromatic carbocycles. The average Bonchev–Trinajstić information content (AvgIpc) is 3.27. The second kappa shape index (κ2) is 9.02. The Hall–Kier alpha value is -3.53. The maximum Gasteiger partial charge on any atom is 0.221 e. The van der Waals surface area contributed by atoms with Crippen LogP contribution in [0.1, 0.15) is 40.3 Å². The van der Waals surface area contributed by atoms with Crippen LogP contribution in [-0.2, 0) is 19.7 Å². The number of H-pyrrole nitrogens is 1. The molecule has 0 radical (unpaired) electrons. The summed E-state index contributed by atoms with van der Waals surface area (Å²) in [5.74, 6) is 1.86. The van der Waals surface area contributed by atoms with Gasteiger partial charge in [-0.25, -0.2) is 15.0 Å². The zero-order valence-corrected chi connectivity index (χ0v) is 20.1. The second-order valence-corrected chi connectivity index (χ2v) is 9.53. The normalized spacial score (nSPS) is 19.4. The summed E-state index contributed by atoms with van der Waals surface area (Å²) >= 11 is 0. The number of pyridine rings is 1. The number of morpholine rings is 1. The van der Waals surface area contributed by atoms with Gasteiger partial charge in [0.15, 0.2) is 17.4 Å². The molecule has 2 aliphatic rings. The number of aromatic amines is 1. The van der Waals surface area contributed by atoms with E-state index >= 15 is 0 Å². The lowest BCUT2D eigenvalue weighted by molar-refractivity contribution is -0.114. The van der Waals surface area contributed by atoms with Crippen LogP contribution in [0, 0.1) is 0 Å². The highest BCUT2D eigenvalue weighted by Crippen LogP contribution is 2.44. The van der Waals surface area contributed by atoms with Crippen molar-refractivity contribution in [3.63, 3.8) is 0 Å². The summed E-state index contributed by atoms with van der Waals surface area (Å²) < 4.78 is 12.0. The SMILES string of the molecule is C=O.CC(=O)Nc1cnc2[nH]ccc2c1-c1nc2c(c(C(C)(C)C)n1)OC[C@@H]1COC[C@@H](C)N21. The third-order valence-electron chi connectivity index (χ3n) is 5.88. The summed E-state index contributed by atoms with van der Waals surface area (Å²) in [4.78, 5) is 39.8. The number of carbonyl (C=O) groups excluding carboxylic acids is 2. The van der Waals surface area contributed by atoms with Crippen LogP contribution in [0.2, 0.25) is 0 Å². The van der Waals surface area contributed by atoms with E-state index in [1.807, 2.05) is 19.1 Å². The summed E-state index contributed by atoms with van der Waals surface area (Å²) in [6, 6.07) is 2.19. The van der Waals surface area contributed by atoms with Crippen LogP contribution in [0.15, 0.2) is 18.5 Å². The number of aromatic nitrogens is 4. The smallest absolute Gasteiger partial charge is 0.221 e. The van der Waals surface area contributed by atoms with Crippen LogP contribution in [-0.4, -0.2) is 64.5 Å². The van der Waals surface area contributed by atoms with Crippen molar-refractivity contribution in [3.05, 3.63) is 24.2 Å². The highest BCUT2D eigenvalue weighted by atomic mass is 16.5. The molecule has 0 aliphatic carbocycles. The van der Waals surface area contributed by atoms with E-state index in [0.717, 1.165) is 28.2 Å². The minimum atomic E-state index is -0.275. The van der Waals surface area contributed by atoms with Crippen LogP contribution in [0.5, 0.6) is 5.75 Å². The number of anilines is 2. The first-order chi connectivity index (χ1) is 16.2.